The molecule has 0 aliphatic heterocycles. The molecule has 0 unspecified atom stereocenters. The van der Waals surface area contributed by atoms with Gasteiger partial charge in [0.1, 0.15) is 0 Å². The number of amides is 1. The lowest BCUT2D eigenvalue weighted by Crippen LogP contribution is -2.14. The molecule has 0 aliphatic carbocycles. The van der Waals surface area contributed by atoms with Crippen molar-refractivity contribution in [2.24, 2.45) is 0 Å². The third-order valence-corrected chi connectivity index (χ3v) is 3.04. The van der Waals surface area contributed by atoms with Crippen LogP contribution in [0.1, 0.15) is 27.3 Å². The Kier molecular flexibility index (Phi) is 4.48. The molecule has 1 amide bonds. The van der Waals surface area contributed by atoms with E-state index in [0.29, 0.717) is 5.56 Å². The second kappa shape index (κ2) is 6.30. The summed E-state index contributed by atoms with van der Waals surface area (Å²) in [4.78, 5) is 16.6. The van der Waals surface area contributed by atoms with E-state index in [-0.39, 0.29) is 5.91 Å². The highest BCUT2D eigenvalue weighted by Gasteiger charge is 2.10. The third kappa shape index (κ3) is 3.42. The van der Waals surface area contributed by atoms with Crippen LogP contribution >= 0.6 is 0 Å². The predicted octanol–water partition coefficient (Wildman–Crippen LogP) is 2.67. The van der Waals surface area contributed by atoms with Crippen LogP contribution in [-0.4, -0.2) is 17.9 Å². The first-order valence-corrected chi connectivity index (χ1v) is 6.59. The van der Waals surface area contributed by atoms with Crippen LogP contribution in [0.3, 0.4) is 0 Å². The highest BCUT2D eigenvalue weighted by Crippen LogP contribution is 2.14. The van der Waals surface area contributed by atoms with E-state index in [0.717, 1.165) is 29.2 Å². The van der Waals surface area contributed by atoms with E-state index < -0.39 is 0 Å². The van der Waals surface area contributed by atoms with E-state index in [9.17, 15) is 4.79 Å². The number of nitrogens with zero attached hydrogens (tertiary/aromatic N) is 1. The average Bonchev–Trinajstić information content (AvgIpc) is 2.39. The topological polar surface area (TPSA) is 54.0 Å². The number of carbonyl (C=O) groups excluding carboxylic acids is 1. The lowest BCUT2D eigenvalue weighted by molar-refractivity contribution is 0.102. The molecule has 0 radical (unpaired) electrons. The SMILES string of the molecule is CNCc1cccc(NC(=O)c2ccc(C)nc2C)c1. The van der Waals surface area contributed by atoms with Crippen LogP contribution in [0.4, 0.5) is 5.69 Å². The molecule has 2 rings (SSSR count). The van der Waals surface area contributed by atoms with Gasteiger partial charge >= 0.3 is 0 Å². The summed E-state index contributed by atoms with van der Waals surface area (Å²) in [5.41, 5.74) is 4.19. The van der Waals surface area contributed by atoms with Crippen LogP contribution in [-0.2, 0) is 6.54 Å². The van der Waals surface area contributed by atoms with Crippen molar-refractivity contribution in [3.05, 3.63) is 58.9 Å². The Labute approximate surface area is 119 Å². The lowest BCUT2D eigenvalue weighted by Gasteiger charge is -2.09. The van der Waals surface area contributed by atoms with E-state index in [4.69, 9.17) is 0 Å². The van der Waals surface area contributed by atoms with Crippen LogP contribution in [0.25, 0.3) is 0 Å². The van der Waals surface area contributed by atoms with Gasteiger partial charge in [0.15, 0.2) is 0 Å². The molecule has 2 aromatic rings. The first-order chi connectivity index (χ1) is 9.60. The smallest absolute Gasteiger partial charge is 0.257 e. The Balaban J connectivity index is 2.17. The maximum atomic E-state index is 12.2. The maximum Gasteiger partial charge on any atom is 0.257 e. The summed E-state index contributed by atoms with van der Waals surface area (Å²) in [6.07, 6.45) is 0. The van der Waals surface area contributed by atoms with Crippen LogP contribution in [0, 0.1) is 13.8 Å². The highest BCUT2D eigenvalue weighted by atomic mass is 16.1. The number of carbonyl (C=O) groups is 1. The quantitative estimate of drug-likeness (QED) is 0.897. The number of hydrogen-bond acceptors (Lipinski definition) is 3. The van der Waals surface area contributed by atoms with Gasteiger partial charge in [-0.2, -0.15) is 0 Å². The Morgan fingerprint density at radius 3 is 2.70 bits per heavy atom. The van der Waals surface area contributed by atoms with Crippen molar-refractivity contribution in [2.75, 3.05) is 12.4 Å². The Morgan fingerprint density at radius 2 is 2.00 bits per heavy atom. The molecule has 4 heteroatoms. The van der Waals surface area contributed by atoms with Gasteiger partial charge in [0, 0.05) is 17.9 Å². The number of aromatic nitrogens is 1. The Hall–Kier alpha value is -2.20. The number of rotatable bonds is 4. The number of anilines is 1. The molecule has 0 saturated carbocycles. The molecule has 4 nitrogen and oxygen atoms in total. The minimum absolute atomic E-state index is 0.128. The largest absolute Gasteiger partial charge is 0.322 e. The van der Waals surface area contributed by atoms with Gasteiger partial charge in [-0.3, -0.25) is 9.78 Å². The van der Waals surface area contributed by atoms with Crippen molar-refractivity contribution < 1.29 is 4.79 Å². The van der Waals surface area contributed by atoms with E-state index in [2.05, 4.69) is 15.6 Å². The molecule has 20 heavy (non-hydrogen) atoms. The van der Waals surface area contributed by atoms with Gasteiger partial charge in [0.05, 0.1) is 11.3 Å². The third-order valence-electron chi connectivity index (χ3n) is 3.04. The molecule has 2 N–H and O–H groups in total. The average molecular weight is 269 g/mol. The molecule has 1 aromatic carbocycles. The molecule has 0 fully saturated rings. The van der Waals surface area contributed by atoms with E-state index in [1.54, 1.807) is 0 Å². The minimum atomic E-state index is -0.128. The van der Waals surface area contributed by atoms with Crippen LogP contribution in [0.15, 0.2) is 36.4 Å². The van der Waals surface area contributed by atoms with Crippen molar-refractivity contribution >= 4 is 11.6 Å². The highest BCUT2D eigenvalue weighted by molar-refractivity contribution is 6.05. The van der Waals surface area contributed by atoms with Gasteiger partial charge < -0.3 is 10.6 Å². The zero-order valence-electron chi connectivity index (χ0n) is 12.0. The van der Waals surface area contributed by atoms with Crippen molar-refractivity contribution in [3.8, 4) is 0 Å². The van der Waals surface area contributed by atoms with E-state index in [1.165, 1.54) is 0 Å². The second-order valence-electron chi connectivity index (χ2n) is 4.77. The van der Waals surface area contributed by atoms with Gasteiger partial charge in [-0.05, 0) is 50.7 Å². The summed E-state index contributed by atoms with van der Waals surface area (Å²) in [7, 11) is 1.90. The van der Waals surface area contributed by atoms with Gasteiger partial charge in [-0.15, -0.1) is 0 Å². The summed E-state index contributed by atoms with van der Waals surface area (Å²) in [6, 6.07) is 11.5. The number of nitrogens with one attached hydrogen (secondary N) is 2. The fraction of sp³-hybridized carbons (Fsp3) is 0.250. The standard InChI is InChI=1S/C16H19N3O/c1-11-7-8-15(12(2)18-11)16(20)19-14-6-4-5-13(9-14)10-17-3/h4-9,17H,10H2,1-3H3,(H,19,20). The zero-order valence-corrected chi connectivity index (χ0v) is 12.0. The minimum Gasteiger partial charge on any atom is -0.322 e. The molecule has 0 aliphatic rings. The molecule has 0 saturated heterocycles. The molecule has 1 aromatic heterocycles. The first kappa shape index (κ1) is 14.2. The summed E-state index contributed by atoms with van der Waals surface area (Å²) in [5.74, 6) is -0.128. The molecule has 0 bridgehead atoms. The molecule has 0 atom stereocenters. The molecular weight excluding hydrogens is 250 g/mol. The fourth-order valence-electron chi connectivity index (χ4n) is 2.09. The van der Waals surface area contributed by atoms with Gasteiger partial charge in [0.2, 0.25) is 0 Å². The number of hydrogen-bond donors (Lipinski definition) is 2. The first-order valence-electron chi connectivity index (χ1n) is 6.59. The lowest BCUT2D eigenvalue weighted by atomic mass is 10.1. The number of benzene rings is 1. The summed E-state index contributed by atoms with van der Waals surface area (Å²) < 4.78 is 0. The van der Waals surface area contributed by atoms with E-state index >= 15 is 0 Å². The summed E-state index contributed by atoms with van der Waals surface area (Å²) in [6.45, 7) is 4.53. The summed E-state index contributed by atoms with van der Waals surface area (Å²) >= 11 is 0. The van der Waals surface area contributed by atoms with Crippen LogP contribution in [0.5, 0.6) is 0 Å². The van der Waals surface area contributed by atoms with Crippen molar-refractivity contribution in [3.63, 3.8) is 0 Å². The van der Waals surface area contributed by atoms with Crippen LogP contribution < -0.4 is 10.6 Å². The molecule has 0 spiro atoms. The predicted molar refractivity (Wildman–Crippen MR) is 80.9 cm³/mol. The molecule has 1 heterocycles. The van der Waals surface area contributed by atoms with Crippen molar-refractivity contribution in [2.45, 2.75) is 20.4 Å². The zero-order chi connectivity index (χ0) is 14.5. The fourth-order valence-corrected chi connectivity index (χ4v) is 2.09. The van der Waals surface area contributed by atoms with Crippen molar-refractivity contribution in [1.29, 1.82) is 0 Å². The van der Waals surface area contributed by atoms with E-state index in [1.807, 2.05) is 57.3 Å². The summed E-state index contributed by atoms with van der Waals surface area (Å²) in [5, 5.41) is 6.00. The van der Waals surface area contributed by atoms with Gasteiger partial charge in [-0.1, -0.05) is 12.1 Å². The molecule has 104 valence electrons. The van der Waals surface area contributed by atoms with Gasteiger partial charge in [-0.25, -0.2) is 0 Å². The maximum absolute atomic E-state index is 12.2. The van der Waals surface area contributed by atoms with Gasteiger partial charge in [0.25, 0.3) is 5.91 Å². The normalized spacial score (nSPS) is 10.3. The molecular formula is C16H19N3O. The van der Waals surface area contributed by atoms with Crippen molar-refractivity contribution in [1.82, 2.24) is 10.3 Å². The number of aryl methyl sites for hydroxylation is 2. The van der Waals surface area contributed by atoms with Crippen LogP contribution in [0.2, 0.25) is 0 Å². The Morgan fingerprint density at radius 1 is 1.20 bits per heavy atom. The Bertz CT molecular complexity index is 623. The second-order valence-corrected chi connectivity index (χ2v) is 4.77. The monoisotopic (exact) mass is 269 g/mol. The number of pyridine rings is 1.